The lowest BCUT2D eigenvalue weighted by molar-refractivity contribution is -0.123. The Balaban J connectivity index is 1.62. The van der Waals surface area contributed by atoms with Crippen LogP contribution < -0.4 is 14.8 Å². The second-order valence-corrected chi connectivity index (χ2v) is 7.14. The zero-order valence-electron chi connectivity index (χ0n) is 14.8. The predicted octanol–water partition coefficient (Wildman–Crippen LogP) is 3.63. The van der Waals surface area contributed by atoms with Gasteiger partial charge in [0, 0.05) is 16.2 Å². The van der Waals surface area contributed by atoms with E-state index in [0.717, 1.165) is 17.7 Å². The Morgan fingerprint density at radius 2 is 2.00 bits per heavy atom. The summed E-state index contributed by atoms with van der Waals surface area (Å²) in [4.78, 5) is 25.0. The van der Waals surface area contributed by atoms with Gasteiger partial charge in [0.2, 0.25) is 0 Å². The molecule has 0 saturated carbocycles. The number of hydrogen-bond acceptors (Lipinski definition) is 5. The van der Waals surface area contributed by atoms with E-state index in [9.17, 15) is 9.59 Å². The summed E-state index contributed by atoms with van der Waals surface area (Å²) in [6.07, 6.45) is 0.893. The van der Waals surface area contributed by atoms with Gasteiger partial charge in [-0.3, -0.25) is 9.59 Å². The molecule has 1 heterocycles. The number of ether oxygens (including phenoxy) is 2. The van der Waals surface area contributed by atoms with Gasteiger partial charge in [0.25, 0.3) is 5.91 Å². The van der Waals surface area contributed by atoms with Crippen LogP contribution in [0.3, 0.4) is 0 Å². The quantitative estimate of drug-likeness (QED) is 0.786. The maximum atomic E-state index is 12.3. The number of benzene rings is 2. The molecule has 2 aromatic rings. The summed E-state index contributed by atoms with van der Waals surface area (Å²) in [6.45, 7) is 1.38. The van der Waals surface area contributed by atoms with Crippen molar-refractivity contribution in [3.05, 3.63) is 53.6 Å². The van der Waals surface area contributed by atoms with Crippen molar-refractivity contribution in [2.75, 3.05) is 19.5 Å². The number of methoxy groups -OCH3 is 1. The third-order valence-corrected chi connectivity index (χ3v) is 5.35. The largest absolute Gasteiger partial charge is 0.493 e. The van der Waals surface area contributed by atoms with E-state index in [0.29, 0.717) is 17.1 Å². The summed E-state index contributed by atoms with van der Waals surface area (Å²) >= 11 is 1.81. The third-order valence-electron chi connectivity index (χ3n) is 4.22. The first-order valence-electron chi connectivity index (χ1n) is 8.41. The minimum atomic E-state index is -0.186. The summed E-state index contributed by atoms with van der Waals surface area (Å²) in [5, 5.41) is 3.04. The number of ketones is 1. The average Bonchev–Trinajstić information content (AvgIpc) is 2.66. The molecule has 5 nitrogen and oxygen atoms in total. The number of hydrogen-bond donors (Lipinski definition) is 1. The van der Waals surface area contributed by atoms with E-state index >= 15 is 0 Å². The standard InChI is InChI=1S/C20H21NO4S/c1-13(22)14-7-8-17(18(11-14)24-2)25-12-20(23)21-16-9-10-26-19-6-4-3-5-15(16)19/h3-8,11,16H,9-10,12H2,1-2H3,(H,21,23)/t16-/m1/s1. The second-order valence-electron chi connectivity index (χ2n) is 6.01. The molecule has 0 radical (unpaired) electrons. The van der Waals surface area contributed by atoms with Crippen molar-refractivity contribution in [3.63, 3.8) is 0 Å². The fraction of sp³-hybridized carbons (Fsp3) is 0.300. The summed E-state index contributed by atoms with van der Waals surface area (Å²) in [7, 11) is 1.50. The predicted molar refractivity (Wildman–Crippen MR) is 101 cm³/mol. The van der Waals surface area contributed by atoms with Gasteiger partial charge in [-0.05, 0) is 43.2 Å². The van der Waals surface area contributed by atoms with Crippen LogP contribution in [0.15, 0.2) is 47.4 Å². The van der Waals surface area contributed by atoms with Crippen molar-refractivity contribution in [2.45, 2.75) is 24.3 Å². The van der Waals surface area contributed by atoms with E-state index in [1.54, 1.807) is 18.2 Å². The molecule has 0 fully saturated rings. The number of amides is 1. The highest BCUT2D eigenvalue weighted by atomic mass is 32.2. The van der Waals surface area contributed by atoms with Crippen LogP contribution in [-0.2, 0) is 4.79 Å². The highest BCUT2D eigenvalue weighted by Gasteiger charge is 2.22. The topological polar surface area (TPSA) is 64.6 Å². The number of rotatable bonds is 6. The molecule has 0 saturated heterocycles. The molecular weight excluding hydrogens is 350 g/mol. The van der Waals surface area contributed by atoms with Crippen LogP contribution in [0, 0.1) is 0 Å². The lowest BCUT2D eigenvalue weighted by Crippen LogP contribution is -2.34. The van der Waals surface area contributed by atoms with Gasteiger partial charge in [-0.1, -0.05) is 18.2 Å². The number of carbonyl (C=O) groups is 2. The van der Waals surface area contributed by atoms with E-state index in [1.807, 2.05) is 23.9 Å². The Bertz CT molecular complexity index is 821. The molecule has 2 aromatic carbocycles. The molecule has 26 heavy (non-hydrogen) atoms. The molecule has 1 N–H and O–H groups in total. The van der Waals surface area contributed by atoms with E-state index in [2.05, 4.69) is 17.4 Å². The van der Waals surface area contributed by atoms with Crippen molar-refractivity contribution in [3.8, 4) is 11.5 Å². The Hall–Kier alpha value is -2.47. The second kappa shape index (κ2) is 8.27. The van der Waals surface area contributed by atoms with Crippen LogP contribution in [0.5, 0.6) is 11.5 Å². The number of Topliss-reactive ketones (excluding diaryl/α,β-unsaturated/α-hetero) is 1. The Morgan fingerprint density at radius 1 is 1.19 bits per heavy atom. The number of carbonyl (C=O) groups excluding carboxylic acids is 2. The van der Waals surface area contributed by atoms with E-state index in [-0.39, 0.29) is 24.3 Å². The number of nitrogens with one attached hydrogen (secondary N) is 1. The van der Waals surface area contributed by atoms with Gasteiger partial charge < -0.3 is 14.8 Å². The zero-order chi connectivity index (χ0) is 18.5. The minimum absolute atomic E-state index is 0.00512. The maximum absolute atomic E-state index is 12.3. The summed E-state index contributed by atoms with van der Waals surface area (Å²) in [6, 6.07) is 13.1. The molecule has 0 aliphatic carbocycles. The zero-order valence-corrected chi connectivity index (χ0v) is 15.6. The highest BCUT2D eigenvalue weighted by Crippen LogP contribution is 2.35. The van der Waals surface area contributed by atoms with Crippen LogP contribution in [-0.4, -0.2) is 31.2 Å². The maximum Gasteiger partial charge on any atom is 0.258 e. The SMILES string of the molecule is COc1cc(C(C)=O)ccc1OCC(=O)N[C@@H]1CCSc2ccccc21. The molecule has 1 aliphatic heterocycles. The highest BCUT2D eigenvalue weighted by molar-refractivity contribution is 7.99. The average molecular weight is 371 g/mol. The van der Waals surface area contributed by atoms with Crippen LogP contribution in [0.2, 0.25) is 0 Å². The lowest BCUT2D eigenvalue weighted by Gasteiger charge is -2.25. The molecule has 0 aromatic heterocycles. The van der Waals surface area contributed by atoms with Crippen molar-refractivity contribution in [1.29, 1.82) is 0 Å². The first-order chi connectivity index (χ1) is 12.6. The lowest BCUT2D eigenvalue weighted by atomic mass is 10.0. The molecule has 6 heteroatoms. The molecule has 1 aliphatic rings. The van der Waals surface area contributed by atoms with Gasteiger partial charge >= 0.3 is 0 Å². The Kier molecular flexibility index (Phi) is 5.83. The van der Waals surface area contributed by atoms with Gasteiger partial charge in [-0.25, -0.2) is 0 Å². The first kappa shape index (κ1) is 18.3. The van der Waals surface area contributed by atoms with Crippen molar-refractivity contribution >= 4 is 23.5 Å². The minimum Gasteiger partial charge on any atom is -0.493 e. The number of fused-ring (bicyclic) bond motifs is 1. The number of thioether (sulfide) groups is 1. The summed E-state index contributed by atoms with van der Waals surface area (Å²) < 4.78 is 10.9. The molecule has 1 amide bonds. The summed E-state index contributed by atoms with van der Waals surface area (Å²) in [5.74, 6) is 1.61. The van der Waals surface area contributed by atoms with Crippen LogP contribution in [0.4, 0.5) is 0 Å². The fourth-order valence-electron chi connectivity index (χ4n) is 2.88. The van der Waals surface area contributed by atoms with E-state index < -0.39 is 0 Å². The molecule has 0 unspecified atom stereocenters. The first-order valence-corrected chi connectivity index (χ1v) is 9.40. The van der Waals surface area contributed by atoms with Crippen LogP contribution in [0.25, 0.3) is 0 Å². The molecular formula is C20H21NO4S. The monoisotopic (exact) mass is 371 g/mol. The molecule has 0 spiro atoms. The van der Waals surface area contributed by atoms with E-state index in [1.165, 1.54) is 18.9 Å². The molecule has 0 bridgehead atoms. The summed E-state index contributed by atoms with van der Waals surface area (Å²) in [5.41, 5.74) is 1.69. The smallest absolute Gasteiger partial charge is 0.258 e. The van der Waals surface area contributed by atoms with Gasteiger partial charge in [0.15, 0.2) is 23.9 Å². The molecule has 136 valence electrons. The van der Waals surface area contributed by atoms with Gasteiger partial charge in [-0.15, -0.1) is 11.8 Å². The van der Waals surface area contributed by atoms with Crippen LogP contribution in [0.1, 0.15) is 35.3 Å². The molecule has 1 atom stereocenters. The van der Waals surface area contributed by atoms with Gasteiger partial charge in [0.1, 0.15) is 0 Å². The normalized spacial score (nSPS) is 15.7. The van der Waals surface area contributed by atoms with E-state index in [4.69, 9.17) is 9.47 Å². The van der Waals surface area contributed by atoms with Crippen molar-refractivity contribution in [2.24, 2.45) is 0 Å². The van der Waals surface area contributed by atoms with Crippen LogP contribution >= 0.6 is 11.8 Å². The van der Waals surface area contributed by atoms with Crippen molar-refractivity contribution in [1.82, 2.24) is 5.32 Å². The third kappa shape index (κ3) is 4.19. The van der Waals surface area contributed by atoms with Gasteiger partial charge in [0.05, 0.1) is 13.2 Å². The molecule has 3 rings (SSSR count). The fourth-order valence-corrected chi connectivity index (χ4v) is 4.00. The van der Waals surface area contributed by atoms with Crippen molar-refractivity contribution < 1.29 is 19.1 Å². The Morgan fingerprint density at radius 3 is 2.77 bits per heavy atom. The Labute approximate surface area is 157 Å². The van der Waals surface area contributed by atoms with Gasteiger partial charge in [-0.2, -0.15) is 0 Å².